The Kier molecular flexibility index (Phi) is 3.24. The molecule has 1 spiro atoms. The van der Waals surface area contributed by atoms with E-state index in [1.54, 1.807) is 0 Å². The molecule has 1 aromatic rings. The van der Waals surface area contributed by atoms with Crippen LogP contribution in [-0.4, -0.2) is 18.2 Å². The van der Waals surface area contributed by atoms with E-state index in [2.05, 4.69) is 29.8 Å². The summed E-state index contributed by atoms with van der Waals surface area (Å²) in [5.41, 5.74) is 0.124. The van der Waals surface area contributed by atoms with Crippen LogP contribution in [-0.2, 0) is 4.74 Å². The molecule has 1 aliphatic carbocycles. The van der Waals surface area contributed by atoms with Crippen LogP contribution in [0.1, 0.15) is 50.0 Å². The lowest BCUT2D eigenvalue weighted by molar-refractivity contribution is -0.150. The molecule has 2 atom stereocenters. The molecule has 2 aliphatic rings. The summed E-state index contributed by atoms with van der Waals surface area (Å²) in [6.45, 7) is 3.27. The lowest BCUT2D eigenvalue weighted by Crippen LogP contribution is -2.55. The lowest BCUT2D eigenvalue weighted by Gasteiger charge is -2.46. The summed E-state index contributed by atoms with van der Waals surface area (Å²) in [5.74, 6) is 0. The Morgan fingerprint density at radius 2 is 2.18 bits per heavy atom. The molecule has 94 valence electrons. The first-order valence-corrected chi connectivity index (χ1v) is 7.62. The second-order valence-corrected chi connectivity index (χ2v) is 6.45. The molecule has 2 unspecified atom stereocenters. The van der Waals surface area contributed by atoms with Crippen molar-refractivity contribution in [3.8, 4) is 0 Å². The molecule has 0 amide bonds. The molecule has 2 heterocycles. The van der Waals surface area contributed by atoms with Gasteiger partial charge in [-0.3, -0.25) is 0 Å². The standard InChI is InChI=1S/C14H21NOS/c1-11-13(12-6-5-9-17-12)16-14(10-15-11)7-3-2-4-8-14/h5-6,9,11,13,15H,2-4,7-8,10H2,1H3. The molecule has 2 fully saturated rings. The fourth-order valence-electron chi connectivity index (χ4n) is 3.12. The number of hydrogen-bond acceptors (Lipinski definition) is 3. The molecule has 0 aromatic carbocycles. The Morgan fingerprint density at radius 3 is 2.88 bits per heavy atom. The molecule has 0 bridgehead atoms. The van der Waals surface area contributed by atoms with Gasteiger partial charge in [-0.1, -0.05) is 25.3 Å². The van der Waals surface area contributed by atoms with Gasteiger partial charge in [0.1, 0.15) is 6.10 Å². The van der Waals surface area contributed by atoms with Crippen LogP contribution in [0.3, 0.4) is 0 Å². The van der Waals surface area contributed by atoms with Gasteiger partial charge in [-0.25, -0.2) is 0 Å². The number of nitrogens with one attached hydrogen (secondary N) is 1. The first-order valence-electron chi connectivity index (χ1n) is 6.74. The maximum Gasteiger partial charge on any atom is 0.107 e. The number of rotatable bonds is 1. The Labute approximate surface area is 107 Å². The number of morpholine rings is 1. The average molecular weight is 251 g/mol. The molecular formula is C14H21NOS. The fourth-order valence-corrected chi connectivity index (χ4v) is 3.97. The third kappa shape index (κ3) is 2.28. The van der Waals surface area contributed by atoms with Crippen LogP contribution in [0, 0.1) is 0 Å². The van der Waals surface area contributed by atoms with E-state index in [1.165, 1.54) is 37.0 Å². The van der Waals surface area contributed by atoms with Crippen LogP contribution in [0.15, 0.2) is 17.5 Å². The van der Waals surface area contributed by atoms with Crippen molar-refractivity contribution in [3.05, 3.63) is 22.4 Å². The molecule has 3 rings (SSSR count). The van der Waals surface area contributed by atoms with Gasteiger partial charge in [0.25, 0.3) is 0 Å². The number of thiophene rings is 1. The highest BCUT2D eigenvalue weighted by Gasteiger charge is 2.41. The summed E-state index contributed by atoms with van der Waals surface area (Å²) in [5, 5.41) is 5.81. The van der Waals surface area contributed by atoms with E-state index in [9.17, 15) is 0 Å². The van der Waals surface area contributed by atoms with Gasteiger partial charge < -0.3 is 10.1 Å². The van der Waals surface area contributed by atoms with Crippen molar-refractivity contribution in [2.24, 2.45) is 0 Å². The van der Waals surface area contributed by atoms with Gasteiger partial charge in [0.2, 0.25) is 0 Å². The zero-order valence-corrected chi connectivity index (χ0v) is 11.3. The van der Waals surface area contributed by atoms with Gasteiger partial charge in [-0.05, 0) is 31.2 Å². The summed E-state index contributed by atoms with van der Waals surface area (Å²) in [7, 11) is 0. The fraction of sp³-hybridized carbons (Fsp3) is 0.714. The second-order valence-electron chi connectivity index (χ2n) is 5.47. The zero-order valence-electron chi connectivity index (χ0n) is 10.4. The summed E-state index contributed by atoms with van der Waals surface area (Å²) >= 11 is 1.82. The van der Waals surface area contributed by atoms with Crippen LogP contribution in [0.4, 0.5) is 0 Å². The smallest absolute Gasteiger partial charge is 0.107 e. The van der Waals surface area contributed by atoms with Gasteiger partial charge in [-0.15, -0.1) is 11.3 Å². The van der Waals surface area contributed by atoms with Crippen molar-refractivity contribution in [2.45, 2.75) is 56.8 Å². The highest BCUT2D eigenvalue weighted by atomic mass is 32.1. The molecule has 17 heavy (non-hydrogen) atoms. The molecule has 3 heteroatoms. The van der Waals surface area contributed by atoms with E-state index in [0.29, 0.717) is 6.04 Å². The zero-order chi connectivity index (χ0) is 11.7. The third-order valence-electron chi connectivity index (χ3n) is 4.17. The molecule has 1 saturated heterocycles. The van der Waals surface area contributed by atoms with E-state index < -0.39 is 0 Å². The van der Waals surface area contributed by atoms with Gasteiger partial charge in [0, 0.05) is 17.5 Å². The summed E-state index contributed by atoms with van der Waals surface area (Å²) in [6.07, 6.45) is 6.75. The monoisotopic (exact) mass is 251 g/mol. The molecule has 1 aliphatic heterocycles. The van der Waals surface area contributed by atoms with E-state index in [1.807, 2.05) is 11.3 Å². The first kappa shape index (κ1) is 11.7. The Balaban J connectivity index is 1.79. The van der Waals surface area contributed by atoms with Crippen LogP contribution in [0.5, 0.6) is 0 Å². The average Bonchev–Trinajstić information content (AvgIpc) is 2.88. The summed E-state index contributed by atoms with van der Waals surface area (Å²) in [6, 6.07) is 4.76. The topological polar surface area (TPSA) is 21.3 Å². The maximum absolute atomic E-state index is 6.52. The van der Waals surface area contributed by atoms with Crippen LogP contribution in [0.2, 0.25) is 0 Å². The van der Waals surface area contributed by atoms with Crippen molar-refractivity contribution in [1.29, 1.82) is 0 Å². The number of ether oxygens (including phenoxy) is 1. The highest BCUT2D eigenvalue weighted by Crippen LogP contribution is 2.40. The minimum atomic E-state index is 0.124. The van der Waals surface area contributed by atoms with Crippen molar-refractivity contribution in [3.63, 3.8) is 0 Å². The van der Waals surface area contributed by atoms with E-state index in [-0.39, 0.29) is 11.7 Å². The Bertz CT molecular complexity index is 356. The predicted molar refractivity (Wildman–Crippen MR) is 71.4 cm³/mol. The molecular weight excluding hydrogens is 230 g/mol. The van der Waals surface area contributed by atoms with Crippen LogP contribution >= 0.6 is 11.3 Å². The van der Waals surface area contributed by atoms with Crippen LogP contribution < -0.4 is 5.32 Å². The normalized spacial score (nSPS) is 32.8. The quantitative estimate of drug-likeness (QED) is 0.825. The van der Waals surface area contributed by atoms with Crippen LogP contribution in [0.25, 0.3) is 0 Å². The maximum atomic E-state index is 6.52. The SMILES string of the molecule is CC1NCC2(CCCCC2)OC1c1cccs1. The van der Waals surface area contributed by atoms with Gasteiger partial charge in [-0.2, -0.15) is 0 Å². The molecule has 1 N–H and O–H groups in total. The van der Waals surface area contributed by atoms with Gasteiger partial charge >= 0.3 is 0 Å². The summed E-state index contributed by atoms with van der Waals surface area (Å²) in [4.78, 5) is 1.37. The Hall–Kier alpha value is -0.380. The molecule has 2 nitrogen and oxygen atoms in total. The minimum absolute atomic E-state index is 0.124. The Morgan fingerprint density at radius 1 is 1.35 bits per heavy atom. The van der Waals surface area contributed by atoms with Gasteiger partial charge in [0.05, 0.1) is 5.60 Å². The number of hydrogen-bond donors (Lipinski definition) is 1. The highest BCUT2D eigenvalue weighted by molar-refractivity contribution is 7.10. The van der Waals surface area contributed by atoms with Gasteiger partial charge in [0.15, 0.2) is 0 Å². The predicted octanol–water partition coefficient (Wildman–Crippen LogP) is 3.50. The van der Waals surface area contributed by atoms with E-state index >= 15 is 0 Å². The molecule has 0 radical (unpaired) electrons. The largest absolute Gasteiger partial charge is 0.363 e. The van der Waals surface area contributed by atoms with E-state index in [4.69, 9.17) is 4.74 Å². The first-order chi connectivity index (χ1) is 8.29. The second kappa shape index (κ2) is 4.71. The van der Waals surface area contributed by atoms with Crippen molar-refractivity contribution in [1.82, 2.24) is 5.32 Å². The van der Waals surface area contributed by atoms with E-state index in [0.717, 1.165) is 6.54 Å². The van der Waals surface area contributed by atoms with Crippen molar-refractivity contribution < 1.29 is 4.74 Å². The van der Waals surface area contributed by atoms with Crippen molar-refractivity contribution in [2.75, 3.05) is 6.54 Å². The summed E-state index contributed by atoms with van der Waals surface area (Å²) < 4.78 is 6.52. The minimum Gasteiger partial charge on any atom is -0.363 e. The lowest BCUT2D eigenvalue weighted by atomic mass is 9.82. The van der Waals surface area contributed by atoms with Crippen molar-refractivity contribution >= 4 is 11.3 Å². The third-order valence-corrected chi connectivity index (χ3v) is 5.10. The molecule has 1 saturated carbocycles. The molecule has 1 aromatic heterocycles.